The van der Waals surface area contributed by atoms with Crippen LogP contribution in [0.4, 0.5) is 10.1 Å². The number of pyridine rings is 1. The summed E-state index contributed by atoms with van der Waals surface area (Å²) in [6.45, 7) is 0. The van der Waals surface area contributed by atoms with E-state index in [4.69, 9.17) is 9.47 Å². The van der Waals surface area contributed by atoms with Crippen molar-refractivity contribution in [2.24, 2.45) is 7.05 Å². The molecule has 0 aliphatic carbocycles. The Bertz CT molecular complexity index is 1060. The van der Waals surface area contributed by atoms with E-state index in [1.54, 1.807) is 29.8 Å². The fourth-order valence-corrected chi connectivity index (χ4v) is 2.72. The first-order valence-corrected chi connectivity index (χ1v) is 7.77. The van der Waals surface area contributed by atoms with Gasteiger partial charge in [-0.25, -0.2) is 4.39 Å². The molecule has 7 heteroatoms. The number of halogens is 1. The lowest BCUT2D eigenvalue weighted by molar-refractivity contribution is 0.102. The first-order valence-electron chi connectivity index (χ1n) is 7.77. The van der Waals surface area contributed by atoms with Crippen LogP contribution >= 0.6 is 0 Å². The zero-order valence-corrected chi connectivity index (χ0v) is 14.5. The number of rotatable bonds is 4. The molecule has 0 spiro atoms. The minimum absolute atomic E-state index is 0.0940. The fourth-order valence-electron chi connectivity index (χ4n) is 2.72. The number of ether oxygens (including phenoxy) is 2. The number of aromatic nitrogens is 1. The molecule has 134 valence electrons. The van der Waals surface area contributed by atoms with Crippen LogP contribution in [0.15, 0.2) is 47.4 Å². The molecule has 0 radical (unpaired) electrons. The van der Waals surface area contributed by atoms with Gasteiger partial charge in [-0.1, -0.05) is 0 Å². The van der Waals surface area contributed by atoms with Crippen LogP contribution < -0.4 is 20.2 Å². The van der Waals surface area contributed by atoms with E-state index in [0.29, 0.717) is 22.7 Å². The number of aryl methyl sites for hydroxylation is 1. The highest BCUT2D eigenvalue weighted by Crippen LogP contribution is 2.29. The van der Waals surface area contributed by atoms with Gasteiger partial charge >= 0.3 is 0 Å². The molecule has 0 saturated carbocycles. The molecule has 0 unspecified atom stereocenters. The molecule has 2 aromatic carbocycles. The third kappa shape index (κ3) is 3.11. The number of benzene rings is 2. The Morgan fingerprint density at radius 1 is 1.12 bits per heavy atom. The van der Waals surface area contributed by atoms with Crippen molar-refractivity contribution in [1.82, 2.24) is 4.57 Å². The lowest BCUT2D eigenvalue weighted by Crippen LogP contribution is -2.23. The predicted molar refractivity (Wildman–Crippen MR) is 96.6 cm³/mol. The van der Waals surface area contributed by atoms with Gasteiger partial charge < -0.3 is 19.4 Å². The summed E-state index contributed by atoms with van der Waals surface area (Å²) in [5.41, 5.74) is 0.292. The zero-order chi connectivity index (χ0) is 18.8. The highest BCUT2D eigenvalue weighted by atomic mass is 19.1. The maximum Gasteiger partial charge on any atom is 0.261 e. The molecule has 1 heterocycles. The van der Waals surface area contributed by atoms with Crippen LogP contribution in [0.3, 0.4) is 0 Å². The second kappa shape index (κ2) is 6.87. The summed E-state index contributed by atoms with van der Waals surface area (Å²) >= 11 is 0. The molecule has 0 fully saturated rings. The van der Waals surface area contributed by atoms with Gasteiger partial charge in [0.1, 0.15) is 22.9 Å². The first-order chi connectivity index (χ1) is 12.4. The zero-order valence-electron chi connectivity index (χ0n) is 14.5. The average Bonchev–Trinajstić information content (AvgIpc) is 2.64. The molecule has 0 aliphatic heterocycles. The van der Waals surface area contributed by atoms with Crippen molar-refractivity contribution in [3.05, 3.63) is 64.2 Å². The largest absolute Gasteiger partial charge is 0.497 e. The third-order valence-electron chi connectivity index (χ3n) is 4.05. The van der Waals surface area contributed by atoms with Crippen molar-refractivity contribution in [3.63, 3.8) is 0 Å². The molecule has 0 saturated heterocycles. The van der Waals surface area contributed by atoms with E-state index in [-0.39, 0.29) is 10.9 Å². The van der Waals surface area contributed by atoms with Crippen molar-refractivity contribution in [3.8, 4) is 11.5 Å². The summed E-state index contributed by atoms with van der Waals surface area (Å²) in [6.07, 6.45) is 1.42. The van der Waals surface area contributed by atoms with Crippen molar-refractivity contribution in [1.29, 1.82) is 0 Å². The molecule has 3 aromatic rings. The third-order valence-corrected chi connectivity index (χ3v) is 4.05. The van der Waals surface area contributed by atoms with Crippen LogP contribution in [0.5, 0.6) is 11.5 Å². The molecular formula is C19H17FN2O4. The smallest absolute Gasteiger partial charge is 0.261 e. The fraction of sp³-hybridized carbons (Fsp3) is 0.158. The second-order valence-electron chi connectivity index (χ2n) is 5.66. The first kappa shape index (κ1) is 17.5. The summed E-state index contributed by atoms with van der Waals surface area (Å²) in [5, 5.41) is 2.79. The number of nitrogens with zero attached hydrogens (tertiary/aromatic N) is 1. The van der Waals surface area contributed by atoms with Crippen molar-refractivity contribution in [2.45, 2.75) is 0 Å². The summed E-state index contributed by atoms with van der Waals surface area (Å²) in [4.78, 5) is 25.3. The summed E-state index contributed by atoms with van der Waals surface area (Å²) in [5.74, 6) is -0.192. The van der Waals surface area contributed by atoms with E-state index < -0.39 is 17.2 Å². The monoisotopic (exact) mass is 356 g/mol. The van der Waals surface area contributed by atoms with Crippen LogP contribution in [-0.2, 0) is 7.05 Å². The quantitative estimate of drug-likeness (QED) is 0.780. The van der Waals surface area contributed by atoms with Gasteiger partial charge in [-0.05, 0) is 30.3 Å². The van der Waals surface area contributed by atoms with Crippen molar-refractivity contribution < 1.29 is 18.7 Å². The molecule has 0 aliphatic rings. The Balaban J connectivity index is 2.03. The minimum Gasteiger partial charge on any atom is -0.497 e. The Morgan fingerprint density at radius 2 is 1.88 bits per heavy atom. The van der Waals surface area contributed by atoms with Gasteiger partial charge in [0, 0.05) is 24.7 Å². The average molecular weight is 356 g/mol. The number of hydrogen-bond donors (Lipinski definition) is 1. The van der Waals surface area contributed by atoms with E-state index in [0.717, 1.165) is 6.07 Å². The van der Waals surface area contributed by atoms with Gasteiger partial charge in [-0.2, -0.15) is 0 Å². The lowest BCUT2D eigenvalue weighted by atomic mass is 10.1. The molecule has 0 bridgehead atoms. The number of methoxy groups -OCH3 is 2. The number of carbonyl (C=O) groups excluding carboxylic acids is 1. The van der Waals surface area contributed by atoms with Crippen LogP contribution in [0.1, 0.15) is 10.4 Å². The van der Waals surface area contributed by atoms with Gasteiger partial charge in [-0.15, -0.1) is 0 Å². The molecule has 0 atom stereocenters. The Labute approximate surface area is 148 Å². The van der Waals surface area contributed by atoms with E-state index in [1.165, 1.54) is 32.5 Å². The Hall–Kier alpha value is -3.35. The highest BCUT2D eigenvalue weighted by molar-refractivity contribution is 6.06. The van der Waals surface area contributed by atoms with Gasteiger partial charge in [0.15, 0.2) is 0 Å². The van der Waals surface area contributed by atoms with Gasteiger partial charge in [0.2, 0.25) is 5.43 Å². The number of fused-ring (bicyclic) bond motifs is 1. The number of nitrogens with one attached hydrogen (secondary N) is 1. The number of carbonyl (C=O) groups is 1. The molecule has 6 nitrogen and oxygen atoms in total. The van der Waals surface area contributed by atoms with Gasteiger partial charge in [-0.3, -0.25) is 9.59 Å². The maximum absolute atomic E-state index is 13.5. The van der Waals surface area contributed by atoms with E-state index in [9.17, 15) is 14.0 Å². The van der Waals surface area contributed by atoms with Crippen molar-refractivity contribution >= 4 is 22.5 Å². The number of anilines is 1. The van der Waals surface area contributed by atoms with Crippen molar-refractivity contribution in [2.75, 3.05) is 19.5 Å². The number of amides is 1. The standard InChI is InChI=1S/C19H17FN2O4/c1-22-10-14(18(23)13-8-11(20)4-7-16(13)22)19(24)21-15-6-5-12(25-2)9-17(15)26-3/h4-10H,1-3H3,(H,21,24). The highest BCUT2D eigenvalue weighted by Gasteiger charge is 2.17. The van der Waals surface area contributed by atoms with E-state index in [1.807, 2.05) is 0 Å². The minimum atomic E-state index is -0.611. The normalized spacial score (nSPS) is 10.6. The molecule has 1 aromatic heterocycles. The predicted octanol–water partition coefficient (Wildman–Crippen LogP) is 2.95. The summed E-state index contributed by atoms with van der Waals surface area (Å²) in [6, 6.07) is 8.78. The topological polar surface area (TPSA) is 69.6 Å². The van der Waals surface area contributed by atoms with Gasteiger partial charge in [0.25, 0.3) is 5.91 Å². The SMILES string of the molecule is COc1ccc(NC(=O)c2cn(C)c3ccc(F)cc3c2=O)c(OC)c1. The molecule has 26 heavy (non-hydrogen) atoms. The number of hydrogen-bond acceptors (Lipinski definition) is 4. The Morgan fingerprint density at radius 3 is 2.58 bits per heavy atom. The molecule has 1 N–H and O–H groups in total. The van der Waals surface area contributed by atoms with Crippen LogP contribution in [0.2, 0.25) is 0 Å². The summed E-state index contributed by atoms with van der Waals surface area (Å²) in [7, 11) is 4.66. The Kier molecular flexibility index (Phi) is 4.62. The van der Waals surface area contributed by atoms with E-state index in [2.05, 4.69) is 5.32 Å². The molecule has 1 amide bonds. The maximum atomic E-state index is 13.5. The molecule has 3 rings (SSSR count). The summed E-state index contributed by atoms with van der Waals surface area (Å²) < 4.78 is 25.5. The van der Waals surface area contributed by atoms with E-state index >= 15 is 0 Å². The molecular weight excluding hydrogens is 339 g/mol. The second-order valence-corrected chi connectivity index (χ2v) is 5.66. The van der Waals surface area contributed by atoms with Crippen LogP contribution in [0.25, 0.3) is 10.9 Å². The van der Waals surface area contributed by atoms with Crippen LogP contribution in [0, 0.1) is 5.82 Å². The lowest BCUT2D eigenvalue weighted by Gasteiger charge is -2.13. The van der Waals surface area contributed by atoms with Crippen LogP contribution in [-0.4, -0.2) is 24.7 Å². The van der Waals surface area contributed by atoms with Gasteiger partial charge in [0.05, 0.1) is 25.4 Å².